The molecule has 1 heterocycles. The summed E-state index contributed by atoms with van der Waals surface area (Å²) < 4.78 is 0. The van der Waals surface area contributed by atoms with Crippen LogP contribution in [0.2, 0.25) is 0 Å². The molecule has 3 aromatic rings. The van der Waals surface area contributed by atoms with Crippen LogP contribution in [0.4, 0.5) is 5.69 Å². The Morgan fingerprint density at radius 2 is 1.65 bits per heavy atom. The van der Waals surface area contributed by atoms with Crippen molar-refractivity contribution in [2.45, 2.75) is 18.7 Å². The number of nitrogens with zero attached hydrogens (tertiary/aromatic N) is 1. The first-order valence-electron chi connectivity index (χ1n) is 9.02. The molecule has 0 saturated heterocycles. The van der Waals surface area contributed by atoms with Crippen LogP contribution >= 0.6 is 11.8 Å². The van der Waals surface area contributed by atoms with E-state index < -0.39 is 0 Å². The molecule has 0 aromatic heterocycles. The number of carbonyl (C=O) groups excluding carboxylic acids is 1. The zero-order valence-electron chi connectivity index (χ0n) is 15.0. The number of anilines is 1. The highest BCUT2D eigenvalue weighted by Crippen LogP contribution is 2.43. The van der Waals surface area contributed by atoms with E-state index in [0.29, 0.717) is 0 Å². The molecule has 0 aliphatic carbocycles. The third kappa shape index (κ3) is 2.93. The Morgan fingerprint density at radius 1 is 0.923 bits per heavy atom. The van der Waals surface area contributed by atoms with Crippen LogP contribution in [0.5, 0.6) is 0 Å². The molecule has 26 heavy (non-hydrogen) atoms. The molecule has 1 aliphatic heterocycles. The van der Waals surface area contributed by atoms with Gasteiger partial charge in [-0.15, -0.1) is 0 Å². The van der Waals surface area contributed by atoms with Crippen LogP contribution in [0, 0.1) is 0 Å². The van der Waals surface area contributed by atoms with Gasteiger partial charge in [0.05, 0.1) is 4.91 Å². The Morgan fingerprint density at radius 3 is 2.38 bits per heavy atom. The summed E-state index contributed by atoms with van der Waals surface area (Å²) in [6.07, 6.45) is 2.01. The van der Waals surface area contributed by atoms with Crippen LogP contribution in [0.1, 0.15) is 29.8 Å². The number of rotatable bonds is 4. The highest BCUT2D eigenvalue weighted by Gasteiger charge is 2.27. The van der Waals surface area contributed by atoms with Crippen molar-refractivity contribution in [2.75, 3.05) is 18.0 Å². The summed E-state index contributed by atoms with van der Waals surface area (Å²) in [4.78, 5) is 17.2. The predicted molar refractivity (Wildman–Crippen MR) is 112 cm³/mol. The first kappa shape index (κ1) is 16.9. The average Bonchev–Trinajstić information content (AvgIpc) is 3.00. The number of allylic oxidation sites excluding steroid dienone is 1. The van der Waals surface area contributed by atoms with Gasteiger partial charge in [0, 0.05) is 29.2 Å². The minimum Gasteiger partial charge on any atom is -0.372 e. The zero-order valence-corrected chi connectivity index (χ0v) is 15.8. The van der Waals surface area contributed by atoms with Gasteiger partial charge in [0.1, 0.15) is 0 Å². The maximum atomic E-state index is 13.0. The van der Waals surface area contributed by atoms with Gasteiger partial charge in [0.15, 0.2) is 0 Å². The lowest BCUT2D eigenvalue weighted by atomic mass is 10.0. The van der Waals surface area contributed by atoms with Crippen LogP contribution in [0.15, 0.2) is 70.5 Å². The maximum Gasteiger partial charge on any atom is 0.201 e. The van der Waals surface area contributed by atoms with Crippen molar-refractivity contribution in [3.63, 3.8) is 0 Å². The number of Topliss-reactive ketones (excluding diaryl/α,β-unsaturated/α-hetero) is 1. The molecule has 4 rings (SSSR count). The summed E-state index contributed by atoms with van der Waals surface area (Å²) in [5.74, 6) is 0.134. The molecule has 0 fully saturated rings. The zero-order chi connectivity index (χ0) is 18.1. The lowest BCUT2D eigenvalue weighted by Gasteiger charge is -2.20. The number of benzene rings is 3. The highest BCUT2D eigenvalue weighted by molar-refractivity contribution is 8.04. The van der Waals surface area contributed by atoms with Gasteiger partial charge in [-0.1, -0.05) is 54.2 Å². The smallest absolute Gasteiger partial charge is 0.201 e. The molecule has 0 bridgehead atoms. The SMILES string of the molecule is CCN(CC)c1ccc(/C=C2/Sc3ccc4ccccc4c3C2=O)cc1. The second-order valence-corrected chi connectivity index (χ2v) is 7.45. The molecule has 0 unspecified atom stereocenters. The molecular weight excluding hydrogens is 338 g/mol. The quantitative estimate of drug-likeness (QED) is 0.532. The van der Waals surface area contributed by atoms with Gasteiger partial charge < -0.3 is 4.90 Å². The van der Waals surface area contributed by atoms with E-state index in [1.165, 1.54) is 5.69 Å². The van der Waals surface area contributed by atoms with Crippen LogP contribution in [0.25, 0.3) is 16.8 Å². The Labute approximate surface area is 158 Å². The van der Waals surface area contributed by atoms with Gasteiger partial charge in [0.25, 0.3) is 0 Å². The van der Waals surface area contributed by atoms with Crippen LogP contribution in [-0.4, -0.2) is 18.9 Å². The molecule has 130 valence electrons. The normalized spacial score (nSPS) is 14.8. The van der Waals surface area contributed by atoms with Crippen molar-refractivity contribution < 1.29 is 4.79 Å². The summed E-state index contributed by atoms with van der Waals surface area (Å²) in [6.45, 7) is 6.31. The molecule has 3 aromatic carbocycles. The van der Waals surface area contributed by atoms with E-state index in [4.69, 9.17) is 0 Å². The Hall–Kier alpha value is -2.52. The number of fused-ring (bicyclic) bond motifs is 3. The summed E-state index contributed by atoms with van der Waals surface area (Å²) in [5, 5.41) is 2.16. The summed E-state index contributed by atoms with van der Waals surface area (Å²) in [6, 6.07) is 20.7. The standard InChI is InChI=1S/C23H21NOS/c1-3-24(4-2)18-12-9-16(10-13-18)15-21-23(25)22-19-8-6-5-7-17(19)11-14-20(22)26-21/h5-15H,3-4H2,1-2H3/b21-15+. The molecule has 0 spiro atoms. The topological polar surface area (TPSA) is 20.3 Å². The number of hydrogen-bond acceptors (Lipinski definition) is 3. The van der Waals surface area contributed by atoms with Gasteiger partial charge in [-0.3, -0.25) is 4.79 Å². The number of ketones is 1. The minimum absolute atomic E-state index is 0.134. The Kier molecular flexibility index (Phi) is 4.56. The molecule has 0 atom stereocenters. The van der Waals surface area contributed by atoms with E-state index in [1.54, 1.807) is 11.8 Å². The third-order valence-corrected chi connectivity index (χ3v) is 5.96. The van der Waals surface area contributed by atoms with Crippen molar-refractivity contribution in [3.05, 3.63) is 76.7 Å². The fraction of sp³-hybridized carbons (Fsp3) is 0.174. The van der Waals surface area contributed by atoms with E-state index in [2.05, 4.69) is 61.2 Å². The van der Waals surface area contributed by atoms with Gasteiger partial charge in [0.2, 0.25) is 5.78 Å². The maximum absolute atomic E-state index is 13.0. The van der Waals surface area contributed by atoms with E-state index in [0.717, 1.165) is 44.8 Å². The van der Waals surface area contributed by atoms with Crippen molar-refractivity contribution in [2.24, 2.45) is 0 Å². The molecule has 3 heteroatoms. The number of hydrogen-bond donors (Lipinski definition) is 0. The monoisotopic (exact) mass is 359 g/mol. The van der Waals surface area contributed by atoms with E-state index in [1.807, 2.05) is 24.3 Å². The molecule has 1 aliphatic rings. The Bertz CT molecular complexity index is 1000. The molecule has 0 amide bonds. The van der Waals surface area contributed by atoms with Crippen molar-refractivity contribution in [1.29, 1.82) is 0 Å². The van der Waals surface area contributed by atoms with Crippen LogP contribution < -0.4 is 4.90 Å². The van der Waals surface area contributed by atoms with Gasteiger partial charge in [-0.25, -0.2) is 0 Å². The fourth-order valence-electron chi connectivity index (χ4n) is 3.48. The van der Waals surface area contributed by atoms with E-state index >= 15 is 0 Å². The fourth-order valence-corrected chi connectivity index (χ4v) is 4.54. The van der Waals surface area contributed by atoms with Crippen molar-refractivity contribution in [3.8, 4) is 0 Å². The lowest BCUT2D eigenvalue weighted by Crippen LogP contribution is -2.21. The summed E-state index contributed by atoms with van der Waals surface area (Å²) in [7, 11) is 0. The number of carbonyl (C=O) groups is 1. The Balaban J connectivity index is 1.67. The molecule has 2 nitrogen and oxygen atoms in total. The van der Waals surface area contributed by atoms with Gasteiger partial charge in [-0.05, 0) is 54.5 Å². The van der Waals surface area contributed by atoms with Crippen molar-refractivity contribution in [1.82, 2.24) is 0 Å². The minimum atomic E-state index is 0.134. The van der Waals surface area contributed by atoms with Crippen LogP contribution in [-0.2, 0) is 0 Å². The second kappa shape index (κ2) is 7.00. The predicted octanol–water partition coefficient (Wildman–Crippen LogP) is 6.02. The largest absolute Gasteiger partial charge is 0.372 e. The van der Waals surface area contributed by atoms with E-state index in [-0.39, 0.29) is 5.78 Å². The molecule has 0 radical (unpaired) electrons. The first-order chi connectivity index (χ1) is 12.7. The second-order valence-electron chi connectivity index (χ2n) is 6.36. The van der Waals surface area contributed by atoms with E-state index in [9.17, 15) is 4.79 Å². The van der Waals surface area contributed by atoms with Gasteiger partial charge in [-0.2, -0.15) is 0 Å². The van der Waals surface area contributed by atoms with Crippen LogP contribution in [0.3, 0.4) is 0 Å². The summed E-state index contributed by atoms with van der Waals surface area (Å²) >= 11 is 1.57. The highest BCUT2D eigenvalue weighted by atomic mass is 32.2. The lowest BCUT2D eigenvalue weighted by molar-refractivity contribution is 0.104. The van der Waals surface area contributed by atoms with Crippen molar-refractivity contribution >= 4 is 40.1 Å². The summed E-state index contributed by atoms with van der Waals surface area (Å²) in [5.41, 5.74) is 3.13. The first-order valence-corrected chi connectivity index (χ1v) is 9.84. The average molecular weight is 359 g/mol. The number of thioether (sulfide) groups is 1. The third-order valence-electron chi connectivity index (χ3n) is 4.88. The van der Waals surface area contributed by atoms with Gasteiger partial charge >= 0.3 is 0 Å². The molecule has 0 saturated carbocycles. The molecular formula is C23H21NOS. The molecule has 0 N–H and O–H groups in total.